The molecule has 0 aromatic rings. The molecule has 1 aliphatic heterocycles. The third-order valence-electron chi connectivity index (χ3n) is 2.20. The van der Waals surface area contributed by atoms with Gasteiger partial charge in [-0.25, -0.2) is 4.79 Å². The molecule has 78 valence electrons. The van der Waals surface area contributed by atoms with Crippen molar-refractivity contribution < 1.29 is 14.6 Å². The van der Waals surface area contributed by atoms with E-state index in [-0.39, 0.29) is 12.7 Å². The Morgan fingerprint density at radius 1 is 1.71 bits per heavy atom. The number of rotatable bonds is 2. The summed E-state index contributed by atoms with van der Waals surface area (Å²) in [5, 5.41) is 8.78. The summed E-state index contributed by atoms with van der Waals surface area (Å²) in [4.78, 5) is 12.7. The van der Waals surface area contributed by atoms with E-state index in [1.54, 1.807) is 6.20 Å². The second kappa shape index (κ2) is 4.81. The highest BCUT2D eigenvalue weighted by Gasteiger charge is 2.16. The number of methoxy groups -OCH3 is 1. The summed E-state index contributed by atoms with van der Waals surface area (Å²) in [5.41, 5.74) is 2.18. The van der Waals surface area contributed by atoms with E-state index in [0.717, 1.165) is 11.1 Å². The van der Waals surface area contributed by atoms with Gasteiger partial charge in [-0.2, -0.15) is 0 Å². The van der Waals surface area contributed by atoms with Crippen LogP contribution in [0.2, 0.25) is 0 Å². The molecule has 0 radical (unpaired) electrons. The lowest BCUT2D eigenvalue weighted by atomic mass is 10.0. The lowest BCUT2D eigenvalue weighted by molar-refractivity contribution is 0.142. The third-order valence-corrected chi connectivity index (χ3v) is 2.20. The van der Waals surface area contributed by atoms with Crippen molar-refractivity contribution in [1.29, 1.82) is 0 Å². The molecule has 14 heavy (non-hydrogen) atoms. The van der Waals surface area contributed by atoms with E-state index in [1.165, 1.54) is 12.0 Å². The number of hydrogen-bond acceptors (Lipinski definition) is 3. The first kappa shape index (κ1) is 10.8. The number of carbonyl (C=O) groups is 1. The van der Waals surface area contributed by atoms with Crippen molar-refractivity contribution in [2.45, 2.75) is 13.3 Å². The summed E-state index contributed by atoms with van der Waals surface area (Å²) >= 11 is 0. The Kier molecular flexibility index (Phi) is 3.71. The van der Waals surface area contributed by atoms with Crippen LogP contribution in [0.4, 0.5) is 4.79 Å². The molecule has 4 heteroatoms. The highest BCUT2D eigenvalue weighted by Crippen LogP contribution is 2.17. The normalized spacial score (nSPS) is 16.1. The Labute approximate surface area is 83.5 Å². The van der Waals surface area contributed by atoms with E-state index in [2.05, 4.69) is 4.74 Å². The first-order valence-electron chi connectivity index (χ1n) is 4.51. The van der Waals surface area contributed by atoms with Crippen molar-refractivity contribution in [2.24, 2.45) is 0 Å². The molecule has 0 aromatic heterocycles. The van der Waals surface area contributed by atoms with Crippen molar-refractivity contribution in [3.63, 3.8) is 0 Å². The van der Waals surface area contributed by atoms with Crippen LogP contribution in [0.1, 0.15) is 13.3 Å². The Morgan fingerprint density at radius 3 is 2.93 bits per heavy atom. The molecule has 1 amide bonds. The van der Waals surface area contributed by atoms with Gasteiger partial charge in [-0.15, -0.1) is 0 Å². The molecule has 0 fully saturated rings. The van der Waals surface area contributed by atoms with Gasteiger partial charge in [0.05, 0.1) is 7.11 Å². The minimum atomic E-state index is -0.358. The minimum Gasteiger partial charge on any atom is -0.452 e. The third kappa shape index (κ3) is 2.35. The fourth-order valence-corrected chi connectivity index (χ4v) is 1.39. The van der Waals surface area contributed by atoms with Crippen molar-refractivity contribution in [1.82, 2.24) is 4.90 Å². The van der Waals surface area contributed by atoms with Crippen molar-refractivity contribution >= 4 is 6.09 Å². The maximum Gasteiger partial charge on any atom is 0.413 e. The Hall–Kier alpha value is -1.29. The molecule has 0 saturated heterocycles. The first-order valence-corrected chi connectivity index (χ1v) is 4.51. The van der Waals surface area contributed by atoms with Crippen LogP contribution in [-0.2, 0) is 4.74 Å². The second-order valence-electron chi connectivity index (χ2n) is 3.19. The van der Waals surface area contributed by atoms with Gasteiger partial charge in [0, 0.05) is 19.4 Å². The van der Waals surface area contributed by atoms with Gasteiger partial charge in [-0.1, -0.05) is 5.57 Å². The summed E-state index contributed by atoms with van der Waals surface area (Å²) in [5.74, 6) is 0. The summed E-state index contributed by atoms with van der Waals surface area (Å²) in [6, 6.07) is 0. The van der Waals surface area contributed by atoms with Crippen LogP contribution >= 0.6 is 0 Å². The van der Waals surface area contributed by atoms with Crippen LogP contribution in [0.5, 0.6) is 0 Å². The van der Waals surface area contributed by atoms with Gasteiger partial charge in [-0.05, 0) is 25.0 Å². The molecule has 0 saturated carbocycles. The number of ether oxygens (including phenoxy) is 1. The summed E-state index contributed by atoms with van der Waals surface area (Å²) < 4.78 is 4.60. The van der Waals surface area contributed by atoms with Crippen LogP contribution in [0.15, 0.2) is 23.4 Å². The molecule has 1 rings (SSSR count). The number of carbonyl (C=O) groups excluding carboxylic acids is 1. The molecular formula is C10H15NO3. The summed E-state index contributed by atoms with van der Waals surface area (Å²) in [6.07, 6.45) is 3.80. The van der Waals surface area contributed by atoms with E-state index >= 15 is 0 Å². The highest BCUT2D eigenvalue weighted by atomic mass is 16.5. The average molecular weight is 197 g/mol. The zero-order valence-electron chi connectivity index (χ0n) is 8.49. The van der Waals surface area contributed by atoms with E-state index in [4.69, 9.17) is 5.11 Å². The van der Waals surface area contributed by atoms with Crippen LogP contribution < -0.4 is 0 Å². The minimum absolute atomic E-state index is 0.134. The molecule has 0 atom stereocenters. The summed E-state index contributed by atoms with van der Waals surface area (Å²) in [7, 11) is 1.36. The number of amides is 1. The molecular weight excluding hydrogens is 182 g/mol. The van der Waals surface area contributed by atoms with Gasteiger partial charge < -0.3 is 9.84 Å². The lowest BCUT2D eigenvalue weighted by Gasteiger charge is -2.22. The Bertz CT molecular complexity index is 281. The van der Waals surface area contributed by atoms with Crippen molar-refractivity contribution in [3.8, 4) is 0 Å². The SMILES string of the molecule is COC(=O)N1C=CC(CCO)=C(C)C1. The molecule has 0 bridgehead atoms. The molecule has 0 aromatic carbocycles. The molecule has 1 heterocycles. The molecule has 4 nitrogen and oxygen atoms in total. The zero-order valence-corrected chi connectivity index (χ0v) is 8.49. The topological polar surface area (TPSA) is 49.8 Å². The van der Waals surface area contributed by atoms with E-state index < -0.39 is 0 Å². The molecule has 0 unspecified atom stereocenters. The Balaban J connectivity index is 2.66. The zero-order chi connectivity index (χ0) is 10.6. The second-order valence-corrected chi connectivity index (χ2v) is 3.19. The van der Waals surface area contributed by atoms with Gasteiger partial charge in [0.15, 0.2) is 0 Å². The van der Waals surface area contributed by atoms with Crippen LogP contribution in [0, 0.1) is 0 Å². The number of aliphatic hydroxyl groups excluding tert-OH is 1. The Morgan fingerprint density at radius 2 is 2.43 bits per heavy atom. The molecule has 0 spiro atoms. The van der Waals surface area contributed by atoms with Gasteiger partial charge in [-0.3, -0.25) is 4.90 Å². The predicted octanol–water partition coefficient (Wildman–Crippen LogP) is 1.28. The van der Waals surface area contributed by atoms with Gasteiger partial charge >= 0.3 is 6.09 Å². The van der Waals surface area contributed by atoms with Crippen LogP contribution in [-0.4, -0.2) is 36.4 Å². The quantitative estimate of drug-likeness (QED) is 0.725. The molecule has 0 aliphatic carbocycles. The molecule has 1 aliphatic rings. The highest BCUT2D eigenvalue weighted by molar-refractivity contribution is 5.69. The van der Waals surface area contributed by atoms with E-state index in [9.17, 15) is 4.79 Å². The lowest BCUT2D eigenvalue weighted by Crippen LogP contribution is -2.29. The predicted molar refractivity (Wildman–Crippen MR) is 52.7 cm³/mol. The van der Waals surface area contributed by atoms with Crippen molar-refractivity contribution in [2.75, 3.05) is 20.3 Å². The number of allylic oxidation sites excluding steroid dienone is 1. The fourth-order valence-electron chi connectivity index (χ4n) is 1.39. The maximum absolute atomic E-state index is 11.2. The summed E-state index contributed by atoms with van der Waals surface area (Å²) in [6.45, 7) is 2.62. The smallest absolute Gasteiger partial charge is 0.413 e. The molecule has 1 N–H and O–H groups in total. The largest absolute Gasteiger partial charge is 0.452 e. The number of hydrogen-bond donors (Lipinski definition) is 1. The van der Waals surface area contributed by atoms with Crippen molar-refractivity contribution in [3.05, 3.63) is 23.4 Å². The van der Waals surface area contributed by atoms with Gasteiger partial charge in [0.2, 0.25) is 0 Å². The van der Waals surface area contributed by atoms with Gasteiger partial charge in [0.1, 0.15) is 0 Å². The van der Waals surface area contributed by atoms with E-state index in [1.807, 2.05) is 13.0 Å². The van der Waals surface area contributed by atoms with Crippen LogP contribution in [0.25, 0.3) is 0 Å². The average Bonchev–Trinajstić information content (AvgIpc) is 2.20. The monoisotopic (exact) mass is 197 g/mol. The van der Waals surface area contributed by atoms with Crippen LogP contribution in [0.3, 0.4) is 0 Å². The standard InChI is InChI=1S/C10H15NO3/c1-8-7-11(10(13)14-2)5-3-9(8)4-6-12/h3,5,12H,4,6-7H2,1-2H3. The van der Waals surface area contributed by atoms with E-state index in [0.29, 0.717) is 13.0 Å². The van der Waals surface area contributed by atoms with Gasteiger partial charge in [0.25, 0.3) is 0 Å². The fraction of sp³-hybridized carbons (Fsp3) is 0.500. The maximum atomic E-state index is 11.2. The number of aliphatic hydroxyl groups is 1. The first-order chi connectivity index (χ1) is 6.69. The number of nitrogens with zero attached hydrogens (tertiary/aromatic N) is 1.